The number of carbonyl (C=O) groups excluding carboxylic acids is 1. The van der Waals surface area contributed by atoms with Gasteiger partial charge in [0.1, 0.15) is 11.7 Å². The van der Waals surface area contributed by atoms with E-state index in [4.69, 9.17) is 4.98 Å². The summed E-state index contributed by atoms with van der Waals surface area (Å²) in [6, 6.07) is 3.71. The number of hydrogen-bond acceptors (Lipinski definition) is 5. The van der Waals surface area contributed by atoms with E-state index >= 15 is 0 Å². The van der Waals surface area contributed by atoms with Crippen LogP contribution in [-0.4, -0.2) is 40.5 Å². The summed E-state index contributed by atoms with van der Waals surface area (Å²) in [5.41, 5.74) is 1.72. The predicted molar refractivity (Wildman–Crippen MR) is 79.0 cm³/mol. The summed E-state index contributed by atoms with van der Waals surface area (Å²) in [4.78, 5) is 29.3. The summed E-state index contributed by atoms with van der Waals surface area (Å²) in [5.74, 6) is 1.67. The smallest absolute Gasteiger partial charge is 0.249 e. The van der Waals surface area contributed by atoms with Crippen LogP contribution in [0, 0.1) is 0 Å². The standard InChI is InChI=1S/C15H15N5O/c1-19-12-9-17-13(10-4-6-16-7-5-10)18-14(12)20-8-2-3-11(20)15(19)21/h4-7,9,11H,2-3,8H2,1H3. The first-order chi connectivity index (χ1) is 10.3. The van der Waals surface area contributed by atoms with E-state index in [1.54, 1.807) is 30.5 Å². The molecule has 4 heterocycles. The molecule has 1 fully saturated rings. The highest BCUT2D eigenvalue weighted by Crippen LogP contribution is 2.38. The van der Waals surface area contributed by atoms with Crippen molar-refractivity contribution < 1.29 is 4.79 Å². The highest BCUT2D eigenvalue weighted by atomic mass is 16.2. The summed E-state index contributed by atoms with van der Waals surface area (Å²) in [5, 5.41) is 0. The Kier molecular flexibility index (Phi) is 2.63. The van der Waals surface area contributed by atoms with Gasteiger partial charge in [0.2, 0.25) is 5.91 Å². The second-order valence-corrected chi connectivity index (χ2v) is 5.39. The minimum absolute atomic E-state index is 0.0670. The number of pyridine rings is 1. The first-order valence-electron chi connectivity index (χ1n) is 7.07. The van der Waals surface area contributed by atoms with Crippen molar-refractivity contribution in [2.45, 2.75) is 18.9 Å². The lowest BCUT2D eigenvalue weighted by Crippen LogP contribution is -2.49. The Morgan fingerprint density at radius 2 is 2.10 bits per heavy atom. The molecule has 6 nitrogen and oxygen atoms in total. The van der Waals surface area contributed by atoms with Crippen molar-refractivity contribution in [2.24, 2.45) is 0 Å². The number of rotatable bonds is 1. The molecule has 2 aromatic heterocycles. The van der Waals surface area contributed by atoms with E-state index in [2.05, 4.69) is 14.9 Å². The molecule has 2 aliphatic heterocycles. The monoisotopic (exact) mass is 281 g/mol. The topological polar surface area (TPSA) is 62.2 Å². The van der Waals surface area contributed by atoms with Gasteiger partial charge in [0.05, 0.1) is 6.20 Å². The molecule has 0 saturated carbocycles. The molecule has 106 valence electrons. The minimum Gasteiger partial charge on any atom is -0.343 e. The Morgan fingerprint density at radius 1 is 1.29 bits per heavy atom. The maximum atomic E-state index is 12.3. The van der Waals surface area contributed by atoms with Crippen molar-refractivity contribution in [2.75, 3.05) is 23.4 Å². The number of likely N-dealkylation sites (N-methyl/N-ethyl adjacent to an activating group) is 1. The molecule has 1 atom stereocenters. The molecule has 6 heteroatoms. The highest BCUT2D eigenvalue weighted by molar-refractivity contribution is 6.04. The molecule has 0 spiro atoms. The van der Waals surface area contributed by atoms with Crippen LogP contribution >= 0.6 is 0 Å². The van der Waals surface area contributed by atoms with Gasteiger partial charge in [-0.05, 0) is 25.0 Å². The van der Waals surface area contributed by atoms with Crippen LogP contribution in [0.2, 0.25) is 0 Å². The normalized spacial score (nSPS) is 20.4. The van der Waals surface area contributed by atoms with E-state index < -0.39 is 0 Å². The summed E-state index contributed by atoms with van der Waals surface area (Å²) < 4.78 is 0. The fourth-order valence-electron chi connectivity index (χ4n) is 3.07. The zero-order valence-corrected chi connectivity index (χ0v) is 11.7. The molecule has 2 aromatic rings. The van der Waals surface area contributed by atoms with Crippen molar-refractivity contribution in [1.82, 2.24) is 15.0 Å². The van der Waals surface area contributed by atoms with Crippen LogP contribution in [-0.2, 0) is 4.79 Å². The fraction of sp³-hybridized carbons (Fsp3) is 0.333. The van der Waals surface area contributed by atoms with E-state index in [1.165, 1.54) is 0 Å². The minimum atomic E-state index is -0.0670. The van der Waals surface area contributed by atoms with Crippen LogP contribution < -0.4 is 9.80 Å². The zero-order valence-electron chi connectivity index (χ0n) is 11.7. The molecular weight excluding hydrogens is 266 g/mol. The molecule has 1 amide bonds. The predicted octanol–water partition coefficient (Wildman–Crippen LogP) is 1.48. The quantitative estimate of drug-likeness (QED) is 0.792. The number of aromatic nitrogens is 3. The number of amides is 1. The van der Waals surface area contributed by atoms with Gasteiger partial charge in [-0.2, -0.15) is 0 Å². The van der Waals surface area contributed by atoms with Crippen molar-refractivity contribution in [3.8, 4) is 11.4 Å². The summed E-state index contributed by atoms with van der Waals surface area (Å²) in [7, 11) is 1.80. The van der Waals surface area contributed by atoms with Gasteiger partial charge < -0.3 is 9.80 Å². The number of hydrogen-bond donors (Lipinski definition) is 0. The summed E-state index contributed by atoms with van der Waals surface area (Å²) >= 11 is 0. The molecular formula is C15H15N5O. The van der Waals surface area contributed by atoms with Crippen LogP contribution in [0.5, 0.6) is 0 Å². The summed E-state index contributed by atoms with van der Waals surface area (Å²) in [6.45, 7) is 0.879. The first-order valence-corrected chi connectivity index (χ1v) is 7.07. The Morgan fingerprint density at radius 3 is 2.90 bits per heavy atom. The Labute approximate surface area is 122 Å². The summed E-state index contributed by atoms with van der Waals surface area (Å²) in [6.07, 6.45) is 7.12. The van der Waals surface area contributed by atoms with E-state index in [1.807, 2.05) is 12.1 Å². The van der Waals surface area contributed by atoms with Crippen molar-refractivity contribution in [3.63, 3.8) is 0 Å². The van der Waals surface area contributed by atoms with Crippen LogP contribution in [0.4, 0.5) is 11.5 Å². The lowest BCUT2D eigenvalue weighted by molar-refractivity contribution is -0.119. The lowest BCUT2D eigenvalue weighted by atomic mass is 10.1. The molecule has 0 aliphatic carbocycles. The maximum Gasteiger partial charge on any atom is 0.249 e. The fourth-order valence-corrected chi connectivity index (χ4v) is 3.07. The van der Waals surface area contributed by atoms with Gasteiger partial charge in [-0.25, -0.2) is 9.97 Å². The Balaban J connectivity index is 1.84. The lowest BCUT2D eigenvalue weighted by Gasteiger charge is -2.36. The van der Waals surface area contributed by atoms with Crippen LogP contribution in [0.15, 0.2) is 30.7 Å². The Hall–Kier alpha value is -2.50. The van der Waals surface area contributed by atoms with Gasteiger partial charge in [-0.3, -0.25) is 9.78 Å². The number of carbonyl (C=O) groups is 1. The highest BCUT2D eigenvalue weighted by Gasteiger charge is 2.40. The SMILES string of the molecule is CN1C(=O)C2CCCN2c2nc(-c3ccncc3)ncc21. The first kappa shape index (κ1) is 12.3. The van der Waals surface area contributed by atoms with Crippen molar-refractivity contribution >= 4 is 17.4 Å². The molecule has 4 rings (SSSR count). The van der Waals surface area contributed by atoms with Crippen LogP contribution in [0.1, 0.15) is 12.8 Å². The molecule has 0 N–H and O–H groups in total. The molecule has 21 heavy (non-hydrogen) atoms. The van der Waals surface area contributed by atoms with E-state index in [9.17, 15) is 4.79 Å². The third-order valence-corrected chi connectivity index (χ3v) is 4.19. The van der Waals surface area contributed by atoms with Gasteiger partial charge in [-0.1, -0.05) is 0 Å². The van der Waals surface area contributed by atoms with Crippen LogP contribution in [0.25, 0.3) is 11.4 Å². The van der Waals surface area contributed by atoms with E-state index in [-0.39, 0.29) is 11.9 Å². The van der Waals surface area contributed by atoms with Crippen molar-refractivity contribution in [3.05, 3.63) is 30.7 Å². The number of anilines is 2. The molecule has 0 bridgehead atoms. The van der Waals surface area contributed by atoms with E-state index in [0.29, 0.717) is 5.82 Å². The largest absolute Gasteiger partial charge is 0.343 e. The van der Waals surface area contributed by atoms with E-state index in [0.717, 1.165) is 36.5 Å². The molecule has 1 unspecified atom stereocenters. The third-order valence-electron chi connectivity index (χ3n) is 4.19. The van der Waals surface area contributed by atoms with Crippen molar-refractivity contribution in [1.29, 1.82) is 0 Å². The number of fused-ring (bicyclic) bond motifs is 3. The van der Waals surface area contributed by atoms with Gasteiger partial charge in [0, 0.05) is 31.5 Å². The van der Waals surface area contributed by atoms with Crippen LogP contribution in [0.3, 0.4) is 0 Å². The zero-order chi connectivity index (χ0) is 14.4. The molecule has 2 aliphatic rings. The molecule has 0 radical (unpaired) electrons. The average Bonchev–Trinajstić information content (AvgIpc) is 3.03. The van der Waals surface area contributed by atoms with Gasteiger partial charge >= 0.3 is 0 Å². The van der Waals surface area contributed by atoms with Gasteiger partial charge in [0.15, 0.2) is 11.6 Å². The maximum absolute atomic E-state index is 12.3. The number of nitrogens with zero attached hydrogens (tertiary/aromatic N) is 5. The molecule has 1 saturated heterocycles. The second-order valence-electron chi connectivity index (χ2n) is 5.39. The second kappa shape index (κ2) is 4.51. The Bertz CT molecular complexity index is 702. The molecule has 0 aromatic carbocycles. The average molecular weight is 281 g/mol. The van der Waals surface area contributed by atoms with Gasteiger partial charge in [-0.15, -0.1) is 0 Å². The van der Waals surface area contributed by atoms with Gasteiger partial charge in [0.25, 0.3) is 0 Å². The third kappa shape index (κ3) is 1.79.